The van der Waals surface area contributed by atoms with E-state index in [9.17, 15) is 4.79 Å². The number of hydrogen-bond acceptors (Lipinski definition) is 6. The lowest BCUT2D eigenvalue weighted by molar-refractivity contribution is 0.0922. The first-order valence-corrected chi connectivity index (χ1v) is 10.0. The van der Waals surface area contributed by atoms with Gasteiger partial charge in [0.2, 0.25) is 0 Å². The minimum atomic E-state index is -0.256. The number of pyridine rings is 1. The van der Waals surface area contributed by atoms with Gasteiger partial charge in [0.05, 0.1) is 11.2 Å². The van der Waals surface area contributed by atoms with Crippen molar-refractivity contribution in [1.29, 1.82) is 0 Å². The Morgan fingerprint density at radius 2 is 1.93 bits per heavy atom. The minimum Gasteiger partial charge on any atom is -0.354 e. The molecule has 7 nitrogen and oxygen atoms in total. The third-order valence-corrected chi connectivity index (χ3v) is 5.03. The molecule has 0 spiro atoms. The number of hydrogen-bond donors (Lipinski definition) is 1. The summed E-state index contributed by atoms with van der Waals surface area (Å²) >= 11 is 6.14. The second-order valence-electron chi connectivity index (χ2n) is 7.43. The topological polar surface area (TPSA) is 74.2 Å². The van der Waals surface area contributed by atoms with Gasteiger partial charge in [0, 0.05) is 50.9 Å². The fraction of sp³-hybridized carbons (Fsp3) is 0.500. The fourth-order valence-electron chi connectivity index (χ4n) is 3.24. The number of carbonyl (C=O) groups is 1. The van der Waals surface area contributed by atoms with Crippen molar-refractivity contribution in [1.82, 2.24) is 25.2 Å². The summed E-state index contributed by atoms with van der Waals surface area (Å²) in [4.78, 5) is 30.2. The van der Waals surface area contributed by atoms with E-state index in [1.54, 1.807) is 0 Å². The van der Waals surface area contributed by atoms with Crippen LogP contribution in [0.15, 0.2) is 30.6 Å². The molecule has 1 amide bonds. The molecular formula is C20H27ClN6O. The van der Waals surface area contributed by atoms with Crippen LogP contribution in [0.25, 0.3) is 0 Å². The van der Waals surface area contributed by atoms with Crippen molar-refractivity contribution in [3.63, 3.8) is 0 Å². The molecule has 0 aliphatic carbocycles. The van der Waals surface area contributed by atoms with E-state index in [4.69, 9.17) is 11.6 Å². The van der Waals surface area contributed by atoms with E-state index in [0.29, 0.717) is 5.82 Å². The van der Waals surface area contributed by atoms with Gasteiger partial charge in [0.25, 0.3) is 5.91 Å². The van der Waals surface area contributed by atoms with Crippen LogP contribution in [0, 0.1) is 0 Å². The maximum Gasteiger partial charge on any atom is 0.271 e. The van der Waals surface area contributed by atoms with Crippen molar-refractivity contribution in [2.24, 2.45) is 0 Å². The summed E-state index contributed by atoms with van der Waals surface area (Å²) in [6, 6.07) is 5.96. The Labute approximate surface area is 171 Å². The zero-order valence-corrected chi connectivity index (χ0v) is 17.4. The second kappa shape index (κ2) is 9.30. The quantitative estimate of drug-likeness (QED) is 0.800. The average molecular weight is 403 g/mol. The maximum absolute atomic E-state index is 12.6. The molecule has 0 aromatic carbocycles. The predicted octanol–water partition coefficient (Wildman–Crippen LogP) is 2.59. The highest BCUT2D eigenvalue weighted by Gasteiger charge is 2.22. The number of rotatable bonds is 6. The van der Waals surface area contributed by atoms with E-state index in [1.807, 2.05) is 45.2 Å². The van der Waals surface area contributed by atoms with Gasteiger partial charge >= 0.3 is 0 Å². The molecule has 150 valence electrons. The molecule has 1 N–H and O–H groups in total. The van der Waals surface area contributed by atoms with Crippen LogP contribution < -0.4 is 10.2 Å². The van der Waals surface area contributed by atoms with Crippen molar-refractivity contribution in [2.75, 3.05) is 37.6 Å². The van der Waals surface area contributed by atoms with Gasteiger partial charge in [-0.05, 0) is 19.1 Å². The van der Waals surface area contributed by atoms with Gasteiger partial charge in [0.1, 0.15) is 17.3 Å². The van der Waals surface area contributed by atoms with Gasteiger partial charge in [-0.15, -0.1) is 0 Å². The molecule has 1 fully saturated rings. The summed E-state index contributed by atoms with van der Waals surface area (Å²) in [6.07, 6.45) is 3.32. The van der Waals surface area contributed by atoms with Crippen molar-refractivity contribution >= 4 is 23.3 Å². The Balaban J connectivity index is 1.51. The largest absolute Gasteiger partial charge is 0.354 e. The molecule has 28 heavy (non-hydrogen) atoms. The smallest absolute Gasteiger partial charge is 0.271 e. The maximum atomic E-state index is 12.6. The monoisotopic (exact) mass is 402 g/mol. The summed E-state index contributed by atoms with van der Waals surface area (Å²) in [5.74, 6) is 1.52. The second-order valence-corrected chi connectivity index (χ2v) is 7.84. The molecule has 2 aromatic rings. The standard InChI is InChI=1S/C20H27ClN6O/c1-14(2)19-23-12-16(21)18(25-19)20(28)24-15(3)13-26-8-10-27(11-9-26)17-6-4-5-7-22-17/h4-7,12,14-15H,8-11,13H2,1-3H3,(H,24,28). The lowest BCUT2D eigenvalue weighted by Gasteiger charge is -2.36. The van der Waals surface area contributed by atoms with E-state index in [0.717, 1.165) is 38.5 Å². The number of halogens is 1. The Bertz CT molecular complexity index is 793. The van der Waals surface area contributed by atoms with Gasteiger partial charge in [-0.1, -0.05) is 31.5 Å². The van der Waals surface area contributed by atoms with Gasteiger partial charge in [-0.25, -0.2) is 15.0 Å². The highest BCUT2D eigenvalue weighted by atomic mass is 35.5. The Hall–Kier alpha value is -2.25. The molecule has 3 heterocycles. The van der Waals surface area contributed by atoms with Crippen LogP contribution in [0.3, 0.4) is 0 Å². The lowest BCUT2D eigenvalue weighted by Crippen LogP contribution is -2.51. The first-order valence-electron chi connectivity index (χ1n) is 9.65. The zero-order valence-electron chi connectivity index (χ0n) is 16.6. The number of amides is 1. The number of anilines is 1. The van der Waals surface area contributed by atoms with E-state index in [1.165, 1.54) is 6.20 Å². The Morgan fingerprint density at radius 3 is 2.57 bits per heavy atom. The van der Waals surface area contributed by atoms with Crippen molar-refractivity contribution < 1.29 is 4.79 Å². The first-order chi connectivity index (χ1) is 13.4. The van der Waals surface area contributed by atoms with E-state index < -0.39 is 0 Å². The zero-order chi connectivity index (χ0) is 20.1. The highest BCUT2D eigenvalue weighted by molar-refractivity contribution is 6.33. The molecule has 2 aromatic heterocycles. The van der Waals surface area contributed by atoms with Crippen LogP contribution in [0.1, 0.15) is 43.0 Å². The third-order valence-electron chi connectivity index (χ3n) is 4.75. The van der Waals surface area contributed by atoms with Crippen LogP contribution in [-0.4, -0.2) is 64.5 Å². The van der Waals surface area contributed by atoms with Crippen molar-refractivity contribution in [3.8, 4) is 0 Å². The van der Waals surface area contributed by atoms with Gasteiger partial charge in [-0.2, -0.15) is 0 Å². The molecule has 1 saturated heterocycles. The van der Waals surface area contributed by atoms with Crippen LogP contribution in [-0.2, 0) is 0 Å². The molecule has 0 saturated carbocycles. The molecule has 0 bridgehead atoms. The number of aromatic nitrogens is 3. The summed E-state index contributed by atoms with van der Waals surface area (Å²) in [7, 11) is 0. The number of carbonyl (C=O) groups excluding carboxylic acids is 1. The fourth-order valence-corrected chi connectivity index (χ4v) is 3.42. The summed E-state index contributed by atoms with van der Waals surface area (Å²) < 4.78 is 0. The normalized spacial score (nSPS) is 16.2. The van der Waals surface area contributed by atoms with Crippen LogP contribution in [0.5, 0.6) is 0 Å². The van der Waals surface area contributed by atoms with Crippen molar-refractivity contribution in [2.45, 2.75) is 32.7 Å². The molecule has 1 aliphatic heterocycles. The Kier molecular flexibility index (Phi) is 6.80. The van der Waals surface area contributed by atoms with E-state index in [2.05, 4.69) is 30.1 Å². The molecule has 1 atom stereocenters. The average Bonchev–Trinajstić information content (AvgIpc) is 2.69. The van der Waals surface area contributed by atoms with Crippen LogP contribution in [0.4, 0.5) is 5.82 Å². The lowest BCUT2D eigenvalue weighted by atomic mass is 10.2. The predicted molar refractivity (Wildman–Crippen MR) is 111 cm³/mol. The molecular weight excluding hydrogens is 376 g/mol. The number of piperazine rings is 1. The number of nitrogens with zero attached hydrogens (tertiary/aromatic N) is 5. The first kappa shape index (κ1) is 20.5. The number of nitrogens with one attached hydrogen (secondary N) is 1. The van der Waals surface area contributed by atoms with Crippen molar-refractivity contribution in [3.05, 3.63) is 47.1 Å². The van der Waals surface area contributed by atoms with Crippen LogP contribution in [0.2, 0.25) is 5.02 Å². The molecule has 1 unspecified atom stereocenters. The summed E-state index contributed by atoms with van der Waals surface area (Å²) in [5, 5.41) is 3.29. The van der Waals surface area contributed by atoms with Gasteiger partial charge in [-0.3, -0.25) is 9.69 Å². The Morgan fingerprint density at radius 1 is 1.18 bits per heavy atom. The van der Waals surface area contributed by atoms with Gasteiger partial charge in [0.15, 0.2) is 0 Å². The SMILES string of the molecule is CC(CN1CCN(c2ccccn2)CC1)NC(=O)c1nc(C(C)C)ncc1Cl. The molecule has 3 rings (SSSR count). The molecule has 0 radical (unpaired) electrons. The van der Waals surface area contributed by atoms with E-state index >= 15 is 0 Å². The van der Waals surface area contributed by atoms with Crippen LogP contribution >= 0.6 is 11.6 Å². The minimum absolute atomic E-state index is 0.0116. The molecule has 1 aliphatic rings. The van der Waals surface area contributed by atoms with E-state index in [-0.39, 0.29) is 28.6 Å². The van der Waals surface area contributed by atoms with Gasteiger partial charge < -0.3 is 10.2 Å². The molecule has 8 heteroatoms. The highest BCUT2D eigenvalue weighted by Crippen LogP contribution is 2.17. The summed E-state index contributed by atoms with van der Waals surface area (Å²) in [5.41, 5.74) is 0.243. The summed E-state index contributed by atoms with van der Waals surface area (Å²) in [6.45, 7) is 10.5. The third kappa shape index (κ3) is 5.17.